The van der Waals surface area contributed by atoms with Crippen LogP contribution in [0.2, 0.25) is 0 Å². The Bertz CT molecular complexity index is 256. The normalized spacial score (nSPS) is 8.13. The first kappa shape index (κ1) is 20.8. The van der Waals surface area contributed by atoms with Gasteiger partial charge in [0.05, 0.1) is 0 Å². The average molecular weight is 347 g/mol. The van der Waals surface area contributed by atoms with Gasteiger partial charge in [0.25, 0.3) is 0 Å². The summed E-state index contributed by atoms with van der Waals surface area (Å²) in [5.41, 5.74) is 2.40. The first-order valence-corrected chi connectivity index (χ1v) is 5.01. The van der Waals surface area contributed by atoms with Gasteiger partial charge >= 0.3 is 23.9 Å². The number of aryl methyl sites for hydroxylation is 2. The second-order valence-corrected chi connectivity index (χ2v) is 3.57. The number of rotatable bonds is 2. The molecule has 15 heavy (non-hydrogen) atoms. The number of hydrogen-bond donors (Lipinski definition) is 0. The van der Waals surface area contributed by atoms with Crippen molar-refractivity contribution in [3.8, 4) is 0 Å². The Hall–Kier alpha value is 0.459. The third kappa shape index (κ3) is 4.87. The SMILES string of the molecule is C.C.CCc1ccc(CC)c([S-])c1[S-].[Sn+2]. The largest absolute Gasteiger partial charge is 2.00 e. The molecule has 0 spiro atoms. The van der Waals surface area contributed by atoms with Crippen LogP contribution < -0.4 is 0 Å². The fraction of sp³-hybridized carbons (Fsp3) is 0.500. The monoisotopic (exact) mass is 348 g/mol. The van der Waals surface area contributed by atoms with Crippen molar-refractivity contribution in [3.63, 3.8) is 0 Å². The Balaban J connectivity index is -0.000000480. The van der Waals surface area contributed by atoms with Gasteiger partial charge in [-0.05, 0) is 12.8 Å². The molecule has 0 aliphatic rings. The quantitative estimate of drug-likeness (QED) is 0.593. The third-order valence-electron chi connectivity index (χ3n) is 2.04. The summed E-state index contributed by atoms with van der Waals surface area (Å²) in [6, 6.07) is 4.19. The summed E-state index contributed by atoms with van der Waals surface area (Å²) in [6.45, 7) is 4.21. The molecule has 0 heterocycles. The van der Waals surface area contributed by atoms with E-state index in [2.05, 4.69) is 26.0 Å². The van der Waals surface area contributed by atoms with Crippen LogP contribution in [0, 0.1) is 0 Å². The summed E-state index contributed by atoms with van der Waals surface area (Å²) < 4.78 is 0. The van der Waals surface area contributed by atoms with Crippen LogP contribution in [0.5, 0.6) is 0 Å². The summed E-state index contributed by atoms with van der Waals surface area (Å²) in [6.07, 6.45) is 1.96. The minimum Gasteiger partial charge on any atom is -0.781 e. The summed E-state index contributed by atoms with van der Waals surface area (Å²) >= 11 is 10.5. The second-order valence-electron chi connectivity index (χ2n) is 2.75. The topological polar surface area (TPSA) is 0 Å². The summed E-state index contributed by atoms with van der Waals surface area (Å²) in [5.74, 6) is 0. The fourth-order valence-electron chi connectivity index (χ4n) is 1.20. The molecule has 84 valence electrons. The van der Waals surface area contributed by atoms with Crippen LogP contribution in [0.25, 0.3) is 0 Å². The smallest absolute Gasteiger partial charge is 0.781 e. The standard InChI is InChI=1S/C10H14S2.2CH4.Sn/c1-3-7-5-6-8(4-2)10(12)9(7)11;;;/h5-6,11-12H,3-4H2,1-2H3;2*1H4;/q;;;+2/p-2. The van der Waals surface area contributed by atoms with Gasteiger partial charge in [0.15, 0.2) is 0 Å². The zero-order valence-corrected chi connectivity index (χ0v) is 12.4. The van der Waals surface area contributed by atoms with E-state index in [4.69, 9.17) is 25.3 Å². The molecule has 0 aliphatic heterocycles. The first-order chi connectivity index (χ1) is 5.70. The minimum absolute atomic E-state index is 0. The van der Waals surface area contributed by atoms with Gasteiger partial charge in [-0.3, -0.25) is 0 Å². The molecule has 1 aromatic rings. The van der Waals surface area contributed by atoms with Crippen molar-refractivity contribution in [1.29, 1.82) is 0 Å². The predicted octanol–water partition coefficient (Wildman–Crippen LogP) is 3.51. The Kier molecular flexibility index (Phi) is 13.4. The van der Waals surface area contributed by atoms with Crippen LogP contribution in [0.15, 0.2) is 21.9 Å². The van der Waals surface area contributed by atoms with Gasteiger partial charge < -0.3 is 25.3 Å². The van der Waals surface area contributed by atoms with Crippen molar-refractivity contribution in [2.24, 2.45) is 0 Å². The average Bonchev–Trinajstić information content (AvgIpc) is 2.10. The van der Waals surface area contributed by atoms with E-state index >= 15 is 0 Å². The van der Waals surface area contributed by atoms with E-state index in [0.717, 1.165) is 22.6 Å². The molecule has 3 heteroatoms. The van der Waals surface area contributed by atoms with Gasteiger partial charge in [0.2, 0.25) is 0 Å². The molecule has 0 N–H and O–H groups in total. The van der Waals surface area contributed by atoms with Crippen molar-refractivity contribution in [2.45, 2.75) is 51.3 Å². The van der Waals surface area contributed by atoms with Crippen molar-refractivity contribution >= 4 is 49.2 Å². The van der Waals surface area contributed by atoms with Crippen LogP contribution in [0.4, 0.5) is 0 Å². The maximum atomic E-state index is 5.24. The van der Waals surface area contributed by atoms with Gasteiger partial charge in [-0.2, -0.15) is 9.79 Å². The minimum atomic E-state index is 0. The van der Waals surface area contributed by atoms with Crippen molar-refractivity contribution < 1.29 is 0 Å². The molecule has 0 saturated carbocycles. The maximum Gasteiger partial charge on any atom is 2.00 e. The summed E-state index contributed by atoms with van der Waals surface area (Å²) in [5, 5.41) is 0. The molecule has 0 fully saturated rings. The Morgan fingerprint density at radius 1 is 0.867 bits per heavy atom. The van der Waals surface area contributed by atoms with E-state index in [1.165, 1.54) is 11.1 Å². The number of hydrogen-bond acceptors (Lipinski definition) is 2. The van der Waals surface area contributed by atoms with E-state index < -0.39 is 0 Å². The first-order valence-electron chi connectivity index (χ1n) is 4.19. The van der Waals surface area contributed by atoms with Gasteiger partial charge in [-0.1, -0.05) is 52.0 Å². The zero-order chi connectivity index (χ0) is 9.14. The van der Waals surface area contributed by atoms with E-state index in [9.17, 15) is 0 Å². The van der Waals surface area contributed by atoms with Crippen LogP contribution in [0.3, 0.4) is 0 Å². The van der Waals surface area contributed by atoms with Crippen LogP contribution in [0.1, 0.15) is 39.8 Å². The van der Waals surface area contributed by atoms with Gasteiger partial charge in [0, 0.05) is 0 Å². The molecule has 0 bridgehead atoms. The molecule has 0 aromatic heterocycles. The maximum absolute atomic E-state index is 5.24. The van der Waals surface area contributed by atoms with E-state index in [0.29, 0.717) is 0 Å². The Morgan fingerprint density at radius 3 is 1.33 bits per heavy atom. The third-order valence-corrected chi connectivity index (χ3v) is 3.10. The molecule has 2 radical (unpaired) electrons. The van der Waals surface area contributed by atoms with Crippen LogP contribution in [-0.4, -0.2) is 23.9 Å². The van der Waals surface area contributed by atoms with E-state index in [-0.39, 0.29) is 38.8 Å². The molecule has 0 saturated heterocycles. The van der Waals surface area contributed by atoms with Crippen molar-refractivity contribution in [3.05, 3.63) is 23.3 Å². The Labute approximate surface area is 123 Å². The predicted molar refractivity (Wildman–Crippen MR) is 75.7 cm³/mol. The summed E-state index contributed by atoms with van der Waals surface area (Å²) in [4.78, 5) is 1.76. The molecule has 1 rings (SSSR count). The molecule has 0 unspecified atom stereocenters. The molecular weight excluding hydrogens is 327 g/mol. The van der Waals surface area contributed by atoms with Gasteiger partial charge in [-0.25, -0.2) is 0 Å². The second kappa shape index (κ2) is 9.67. The molecule has 0 aliphatic carbocycles. The van der Waals surface area contributed by atoms with Gasteiger partial charge in [-0.15, -0.1) is 0 Å². The fourth-order valence-corrected chi connectivity index (χ4v) is 1.89. The molecule has 0 amide bonds. The van der Waals surface area contributed by atoms with Crippen LogP contribution in [-0.2, 0) is 38.1 Å². The number of benzene rings is 1. The molecule has 0 nitrogen and oxygen atoms in total. The Morgan fingerprint density at radius 2 is 1.13 bits per heavy atom. The molecular formula is C12H20S2Sn. The van der Waals surface area contributed by atoms with Crippen LogP contribution >= 0.6 is 0 Å². The zero-order valence-electron chi connectivity index (χ0n) is 7.89. The summed E-state index contributed by atoms with van der Waals surface area (Å²) in [7, 11) is 0. The van der Waals surface area contributed by atoms with Crippen molar-refractivity contribution in [2.75, 3.05) is 0 Å². The molecule has 1 aromatic carbocycles. The van der Waals surface area contributed by atoms with E-state index in [1.54, 1.807) is 0 Å². The van der Waals surface area contributed by atoms with E-state index in [1.807, 2.05) is 0 Å². The van der Waals surface area contributed by atoms with Crippen molar-refractivity contribution in [1.82, 2.24) is 0 Å². The molecule has 0 atom stereocenters. The van der Waals surface area contributed by atoms with Gasteiger partial charge in [0.1, 0.15) is 0 Å².